The van der Waals surface area contributed by atoms with Gasteiger partial charge in [0.15, 0.2) is 0 Å². The topological polar surface area (TPSA) is 20.3 Å². The number of anilines is 1. The fourth-order valence-corrected chi connectivity index (χ4v) is 2.99. The molecule has 0 saturated carbocycles. The number of amides is 1. The fourth-order valence-electron chi connectivity index (χ4n) is 2.06. The summed E-state index contributed by atoms with van der Waals surface area (Å²) in [6.45, 7) is 4.46. The zero-order chi connectivity index (χ0) is 15.2. The van der Waals surface area contributed by atoms with Gasteiger partial charge >= 0.3 is 0 Å². The first kappa shape index (κ1) is 15.6. The summed E-state index contributed by atoms with van der Waals surface area (Å²) in [6.07, 6.45) is 0. The Morgan fingerprint density at radius 1 is 1.14 bits per heavy atom. The van der Waals surface area contributed by atoms with Crippen LogP contribution < -0.4 is 4.90 Å². The molecule has 0 saturated heterocycles. The highest BCUT2D eigenvalue weighted by Gasteiger charge is 2.21. The third kappa shape index (κ3) is 4.08. The molecule has 0 radical (unpaired) electrons. The van der Waals surface area contributed by atoms with Gasteiger partial charge in [-0.3, -0.25) is 4.79 Å². The summed E-state index contributed by atoms with van der Waals surface area (Å²) in [6, 6.07) is 15.8. The normalized spacial score (nSPS) is 12.0. The van der Waals surface area contributed by atoms with E-state index in [0.29, 0.717) is 6.54 Å². The minimum absolute atomic E-state index is 0.0537. The Kier molecular flexibility index (Phi) is 5.39. The van der Waals surface area contributed by atoms with E-state index < -0.39 is 0 Å². The van der Waals surface area contributed by atoms with Crippen LogP contribution in [0.25, 0.3) is 0 Å². The maximum absolute atomic E-state index is 12.9. The molecule has 2 aromatic carbocycles. The molecule has 2 nitrogen and oxygen atoms in total. The van der Waals surface area contributed by atoms with Crippen LogP contribution in [-0.4, -0.2) is 17.7 Å². The Labute approximate surface area is 129 Å². The molecule has 21 heavy (non-hydrogen) atoms. The highest BCUT2D eigenvalue weighted by Crippen LogP contribution is 2.26. The second-order valence-corrected chi connectivity index (χ2v) is 6.05. The van der Waals surface area contributed by atoms with Crippen molar-refractivity contribution < 1.29 is 9.18 Å². The number of hydrogen-bond acceptors (Lipinski definition) is 2. The average Bonchev–Trinajstić information content (AvgIpc) is 2.51. The van der Waals surface area contributed by atoms with Gasteiger partial charge < -0.3 is 4.90 Å². The minimum atomic E-state index is -0.266. The lowest BCUT2D eigenvalue weighted by atomic mass is 10.2. The van der Waals surface area contributed by atoms with Gasteiger partial charge in [-0.25, -0.2) is 4.39 Å². The Morgan fingerprint density at radius 2 is 1.76 bits per heavy atom. The molecule has 4 heteroatoms. The van der Waals surface area contributed by atoms with Crippen LogP contribution in [0.2, 0.25) is 0 Å². The van der Waals surface area contributed by atoms with Crippen molar-refractivity contribution in [3.8, 4) is 0 Å². The number of nitrogens with zero attached hydrogens (tertiary/aromatic N) is 1. The maximum atomic E-state index is 12.9. The Morgan fingerprint density at radius 3 is 2.33 bits per heavy atom. The standard InChI is InChI=1S/C17H18FNOS/c1-3-19(15-7-5-4-6-8-15)17(20)13(2)21-16-11-9-14(18)10-12-16/h4-13H,3H2,1-2H3. The van der Waals surface area contributed by atoms with Crippen molar-refractivity contribution in [1.29, 1.82) is 0 Å². The summed E-state index contributed by atoms with van der Waals surface area (Å²) >= 11 is 1.44. The second kappa shape index (κ2) is 7.27. The zero-order valence-electron chi connectivity index (χ0n) is 12.1. The first-order valence-corrected chi connectivity index (χ1v) is 7.78. The summed E-state index contributed by atoms with van der Waals surface area (Å²) in [7, 11) is 0. The smallest absolute Gasteiger partial charge is 0.240 e. The number of benzene rings is 2. The van der Waals surface area contributed by atoms with Crippen LogP contribution in [-0.2, 0) is 4.79 Å². The number of hydrogen-bond donors (Lipinski definition) is 0. The molecular weight excluding hydrogens is 285 g/mol. The van der Waals surface area contributed by atoms with Crippen molar-refractivity contribution in [2.24, 2.45) is 0 Å². The van der Waals surface area contributed by atoms with Crippen molar-refractivity contribution in [3.05, 3.63) is 60.4 Å². The predicted molar refractivity (Wildman–Crippen MR) is 86.2 cm³/mol. The van der Waals surface area contributed by atoms with E-state index >= 15 is 0 Å². The third-order valence-electron chi connectivity index (χ3n) is 3.12. The maximum Gasteiger partial charge on any atom is 0.240 e. The summed E-state index contributed by atoms with van der Waals surface area (Å²) < 4.78 is 12.9. The van der Waals surface area contributed by atoms with E-state index in [9.17, 15) is 9.18 Å². The molecule has 1 amide bonds. The molecule has 2 aromatic rings. The molecular formula is C17H18FNOS. The molecule has 0 fully saturated rings. The van der Waals surface area contributed by atoms with Crippen LogP contribution in [0, 0.1) is 5.82 Å². The van der Waals surface area contributed by atoms with Crippen LogP contribution in [0.3, 0.4) is 0 Å². The molecule has 0 aliphatic heterocycles. The number of thioether (sulfide) groups is 1. The first-order valence-electron chi connectivity index (χ1n) is 6.90. The van der Waals surface area contributed by atoms with Crippen LogP contribution >= 0.6 is 11.8 Å². The van der Waals surface area contributed by atoms with Gasteiger partial charge in [-0.15, -0.1) is 11.8 Å². The Hall–Kier alpha value is -1.81. The molecule has 1 atom stereocenters. The number of rotatable bonds is 5. The second-order valence-electron chi connectivity index (χ2n) is 4.63. The number of carbonyl (C=O) groups excluding carboxylic acids is 1. The van der Waals surface area contributed by atoms with Crippen LogP contribution in [0.4, 0.5) is 10.1 Å². The van der Waals surface area contributed by atoms with Gasteiger partial charge in [0.2, 0.25) is 5.91 Å². The van der Waals surface area contributed by atoms with Gasteiger partial charge in [-0.2, -0.15) is 0 Å². The quantitative estimate of drug-likeness (QED) is 0.765. The van der Waals surface area contributed by atoms with Gasteiger partial charge in [-0.1, -0.05) is 18.2 Å². The van der Waals surface area contributed by atoms with Gasteiger partial charge in [0.05, 0.1) is 5.25 Å². The lowest BCUT2D eigenvalue weighted by Crippen LogP contribution is -2.36. The first-order chi connectivity index (χ1) is 10.1. The summed E-state index contributed by atoms with van der Waals surface area (Å²) in [5.74, 6) is -0.212. The molecule has 0 N–H and O–H groups in total. The van der Waals surface area contributed by atoms with Crippen LogP contribution in [0.15, 0.2) is 59.5 Å². The fraction of sp³-hybridized carbons (Fsp3) is 0.235. The molecule has 2 rings (SSSR count). The molecule has 0 aliphatic carbocycles. The van der Waals surface area contributed by atoms with E-state index in [2.05, 4.69) is 0 Å². The number of carbonyl (C=O) groups is 1. The Bertz CT molecular complexity index is 585. The minimum Gasteiger partial charge on any atom is -0.312 e. The predicted octanol–water partition coefficient (Wildman–Crippen LogP) is 4.36. The lowest BCUT2D eigenvalue weighted by Gasteiger charge is -2.24. The van der Waals surface area contributed by atoms with Crippen molar-refractivity contribution in [2.75, 3.05) is 11.4 Å². The molecule has 110 valence electrons. The van der Waals surface area contributed by atoms with E-state index in [1.54, 1.807) is 17.0 Å². The average molecular weight is 303 g/mol. The highest BCUT2D eigenvalue weighted by atomic mass is 32.2. The summed E-state index contributed by atoms with van der Waals surface area (Å²) in [5.41, 5.74) is 0.900. The Balaban J connectivity index is 2.08. The summed E-state index contributed by atoms with van der Waals surface area (Å²) in [4.78, 5) is 15.2. The van der Waals surface area contributed by atoms with E-state index in [1.165, 1.54) is 23.9 Å². The molecule has 0 aromatic heterocycles. The SMILES string of the molecule is CCN(C(=O)C(C)Sc1ccc(F)cc1)c1ccccc1. The zero-order valence-corrected chi connectivity index (χ0v) is 12.9. The van der Waals surface area contributed by atoms with E-state index in [1.807, 2.05) is 44.2 Å². The lowest BCUT2D eigenvalue weighted by molar-refractivity contribution is -0.117. The van der Waals surface area contributed by atoms with Crippen molar-refractivity contribution in [2.45, 2.75) is 24.0 Å². The monoisotopic (exact) mass is 303 g/mol. The van der Waals surface area contributed by atoms with Gasteiger partial charge in [0, 0.05) is 17.1 Å². The molecule has 0 spiro atoms. The highest BCUT2D eigenvalue weighted by molar-refractivity contribution is 8.00. The van der Waals surface area contributed by atoms with Gasteiger partial charge in [-0.05, 0) is 50.2 Å². The molecule has 0 bridgehead atoms. The van der Waals surface area contributed by atoms with E-state index in [-0.39, 0.29) is 17.0 Å². The van der Waals surface area contributed by atoms with Gasteiger partial charge in [0.1, 0.15) is 5.82 Å². The third-order valence-corrected chi connectivity index (χ3v) is 4.22. The molecule has 0 aliphatic rings. The number of halogens is 1. The van der Waals surface area contributed by atoms with Crippen LogP contribution in [0.1, 0.15) is 13.8 Å². The van der Waals surface area contributed by atoms with Crippen molar-refractivity contribution >= 4 is 23.4 Å². The van der Waals surface area contributed by atoms with E-state index in [0.717, 1.165) is 10.6 Å². The number of para-hydroxylation sites is 1. The van der Waals surface area contributed by atoms with Gasteiger partial charge in [0.25, 0.3) is 0 Å². The van der Waals surface area contributed by atoms with Crippen LogP contribution in [0.5, 0.6) is 0 Å². The molecule has 0 heterocycles. The largest absolute Gasteiger partial charge is 0.312 e. The van der Waals surface area contributed by atoms with Crippen molar-refractivity contribution in [1.82, 2.24) is 0 Å². The van der Waals surface area contributed by atoms with Crippen molar-refractivity contribution in [3.63, 3.8) is 0 Å². The molecule has 1 unspecified atom stereocenters. The van der Waals surface area contributed by atoms with E-state index in [4.69, 9.17) is 0 Å². The summed E-state index contributed by atoms with van der Waals surface area (Å²) in [5, 5.41) is -0.226.